The summed E-state index contributed by atoms with van der Waals surface area (Å²) in [5, 5.41) is 15.9. The zero-order valence-electron chi connectivity index (χ0n) is 10.6. The van der Waals surface area contributed by atoms with E-state index >= 15 is 0 Å². The fourth-order valence-electron chi connectivity index (χ4n) is 1.31. The highest BCUT2D eigenvalue weighted by atomic mass is 32.1. The van der Waals surface area contributed by atoms with Crippen LogP contribution in [0.4, 0.5) is 18.0 Å². The lowest BCUT2D eigenvalue weighted by atomic mass is 10.0. The molecule has 1 aromatic heterocycles. The summed E-state index contributed by atoms with van der Waals surface area (Å²) in [7, 11) is 0. The molecule has 2 atom stereocenters. The van der Waals surface area contributed by atoms with Gasteiger partial charge in [0.1, 0.15) is 0 Å². The van der Waals surface area contributed by atoms with E-state index in [9.17, 15) is 22.8 Å². The highest BCUT2D eigenvalue weighted by molar-refractivity contribution is 7.07. The Kier molecular flexibility index (Phi) is 4.64. The zero-order chi connectivity index (χ0) is 15.6. The molecule has 112 valence electrons. The third kappa shape index (κ3) is 3.41. The Hall–Kier alpha value is -1.77. The number of aliphatic carboxylic acids is 1. The number of rotatable bonds is 4. The van der Waals surface area contributed by atoms with Gasteiger partial charge in [-0.3, -0.25) is 0 Å². The predicted octanol–water partition coefficient (Wildman–Crippen LogP) is 2.51. The van der Waals surface area contributed by atoms with E-state index in [4.69, 9.17) is 5.11 Å². The Balaban J connectivity index is 2.76. The highest BCUT2D eigenvalue weighted by Gasteiger charge is 2.58. The van der Waals surface area contributed by atoms with Crippen LogP contribution in [0, 0.1) is 0 Å². The summed E-state index contributed by atoms with van der Waals surface area (Å²) in [6, 6.07) is -0.0334. The largest absolute Gasteiger partial charge is 0.479 e. The monoisotopic (exact) mass is 310 g/mol. The number of halogens is 3. The van der Waals surface area contributed by atoms with Gasteiger partial charge in [0.15, 0.2) is 0 Å². The van der Waals surface area contributed by atoms with E-state index in [1.807, 2.05) is 0 Å². The Labute approximate surface area is 116 Å². The number of carboxylic acid groups (broad SMARTS) is 1. The molecule has 0 saturated heterocycles. The molecule has 3 N–H and O–H groups in total. The van der Waals surface area contributed by atoms with E-state index in [0.29, 0.717) is 12.5 Å². The molecule has 1 heterocycles. The highest BCUT2D eigenvalue weighted by Crippen LogP contribution is 2.30. The van der Waals surface area contributed by atoms with Crippen LogP contribution in [0.2, 0.25) is 0 Å². The van der Waals surface area contributed by atoms with E-state index in [1.165, 1.54) is 16.7 Å². The van der Waals surface area contributed by atoms with Crippen molar-refractivity contribution in [2.24, 2.45) is 0 Å². The predicted molar refractivity (Wildman–Crippen MR) is 66.5 cm³/mol. The topological polar surface area (TPSA) is 78.4 Å². The zero-order valence-corrected chi connectivity index (χ0v) is 11.4. The number of amides is 2. The molecular formula is C11H13F3N2O3S. The lowest BCUT2D eigenvalue weighted by Gasteiger charge is -2.29. The van der Waals surface area contributed by atoms with E-state index in [1.54, 1.807) is 23.8 Å². The van der Waals surface area contributed by atoms with E-state index in [0.717, 1.165) is 0 Å². The van der Waals surface area contributed by atoms with Crippen molar-refractivity contribution in [1.82, 2.24) is 10.6 Å². The van der Waals surface area contributed by atoms with Gasteiger partial charge in [0, 0.05) is 0 Å². The molecule has 2 unspecified atom stereocenters. The Morgan fingerprint density at radius 1 is 1.40 bits per heavy atom. The maximum atomic E-state index is 12.7. The molecule has 0 aliphatic heterocycles. The van der Waals surface area contributed by atoms with Gasteiger partial charge < -0.3 is 15.7 Å². The smallest absolute Gasteiger partial charge is 0.422 e. The number of nitrogens with one attached hydrogen (secondary N) is 2. The van der Waals surface area contributed by atoms with Crippen molar-refractivity contribution in [1.29, 1.82) is 0 Å². The van der Waals surface area contributed by atoms with Crippen molar-refractivity contribution in [3.8, 4) is 0 Å². The molecule has 0 spiro atoms. The quantitative estimate of drug-likeness (QED) is 0.799. The molecule has 0 aliphatic carbocycles. The SMILES string of the molecule is CC(NC(=O)NC(C)(C(=O)O)C(F)(F)F)c1ccsc1. The van der Waals surface area contributed by atoms with Gasteiger partial charge in [-0.1, -0.05) is 0 Å². The van der Waals surface area contributed by atoms with E-state index in [2.05, 4.69) is 5.32 Å². The summed E-state index contributed by atoms with van der Waals surface area (Å²) in [6.45, 7) is 1.97. The average molecular weight is 310 g/mol. The van der Waals surface area contributed by atoms with Gasteiger partial charge in [0.05, 0.1) is 6.04 Å². The van der Waals surface area contributed by atoms with Gasteiger partial charge in [-0.15, -0.1) is 0 Å². The fraction of sp³-hybridized carbons (Fsp3) is 0.455. The van der Waals surface area contributed by atoms with Crippen LogP contribution < -0.4 is 10.6 Å². The van der Waals surface area contributed by atoms with Crippen molar-refractivity contribution >= 4 is 23.3 Å². The fourth-order valence-corrected chi connectivity index (χ4v) is 2.06. The number of alkyl halides is 3. The van der Waals surface area contributed by atoms with Crippen molar-refractivity contribution < 1.29 is 27.9 Å². The maximum absolute atomic E-state index is 12.7. The van der Waals surface area contributed by atoms with Crippen molar-refractivity contribution in [3.05, 3.63) is 22.4 Å². The van der Waals surface area contributed by atoms with Gasteiger partial charge in [0.2, 0.25) is 5.54 Å². The van der Waals surface area contributed by atoms with Crippen LogP contribution in [0.5, 0.6) is 0 Å². The molecule has 0 saturated carbocycles. The minimum Gasteiger partial charge on any atom is -0.479 e. The molecule has 20 heavy (non-hydrogen) atoms. The second kappa shape index (κ2) is 5.70. The van der Waals surface area contributed by atoms with Crippen LogP contribution >= 0.6 is 11.3 Å². The van der Waals surface area contributed by atoms with E-state index < -0.39 is 29.8 Å². The minimum absolute atomic E-state index is 0.393. The molecule has 5 nitrogen and oxygen atoms in total. The number of thiophene rings is 1. The molecule has 1 aromatic rings. The number of hydrogen-bond donors (Lipinski definition) is 3. The Morgan fingerprint density at radius 3 is 2.40 bits per heavy atom. The summed E-state index contributed by atoms with van der Waals surface area (Å²) in [5.74, 6) is -2.18. The van der Waals surface area contributed by atoms with Crippen molar-refractivity contribution in [3.63, 3.8) is 0 Å². The number of carbonyl (C=O) groups is 2. The van der Waals surface area contributed by atoms with Crippen LogP contribution in [0.3, 0.4) is 0 Å². The second-order valence-electron chi connectivity index (χ2n) is 4.30. The maximum Gasteiger partial charge on any atom is 0.422 e. The number of urea groups is 1. The van der Waals surface area contributed by atoms with Crippen LogP contribution in [-0.2, 0) is 4.79 Å². The van der Waals surface area contributed by atoms with Crippen LogP contribution in [0.15, 0.2) is 16.8 Å². The van der Waals surface area contributed by atoms with Crippen LogP contribution in [0.1, 0.15) is 25.5 Å². The summed E-state index contributed by atoms with van der Waals surface area (Å²) in [6.07, 6.45) is -5.11. The third-order valence-electron chi connectivity index (χ3n) is 2.75. The normalized spacial score (nSPS) is 16.1. The average Bonchev–Trinajstić information content (AvgIpc) is 2.79. The molecule has 0 aliphatic rings. The molecule has 1 rings (SSSR count). The molecule has 0 fully saturated rings. The second-order valence-corrected chi connectivity index (χ2v) is 5.08. The molecule has 2 amide bonds. The van der Waals surface area contributed by atoms with Gasteiger partial charge in [-0.05, 0) is 36.2 Å². The number of carbonyl (C=O) groups excluding carboxylic acids is 1. The first-order valence-electron chi connectivity index (χ1n) is 5.49. The molecule has 0 bridgehead atoms. The van der Waals surface area contributed by atoms with Crippen LogP contribution in [0.25, 0.3) is 0 Å². The third-order valence-corrected chi connectivity index (χ3v) is 3.45. The number of hydrogen-bond acceptors (Lipinski definition) is 3. The lowest BCUT2D eigenvalue weighted by Crippen LogP contribution is -2.63. The Bertz CT molecular complexity index is 490. The van der Waals surface area contributed by atoms with Gasteiger partial charge in [-0.25, -0.2) is 9.59 Å². The van der Waals surface area contributed by atoms with Crippen molar-refractivity contribution in [2.75, 3.05) is 0 Å². The first-order valence-corrected chi connectivity index (χ1v) is 6.43. The minimum atomic E-state index is -5.11. The standard InChI is InChI=1S/C11H13F3N2O3S/c1-6(7-3-4-20-5-7)15-9(19)16-10(2,8(17)18)11(12,13)14/h3-6H,1-2H3,(H,17,18)(H2,15,16,19). The van der Waals surface area contributed by atoms with E-state index in [-0.39, 0.29) is 0 Å². The summed E-state index contributed by atoms with van der Waals surface area (Å²) in [4.78, 5) is 22.3. The van der Waals surface area contributed by atoms with Gasteiger partial charge in [-0.2, -0.15) is 24.5 Å². The summed E-state index contributed by atoms with van der Waals surface area (Å²) < 4.78 is 38.1. The lowest BCUT2D eigenvalue weighted by molar-refractivity contribution is -0.203. The molecular weight excluding hydrogens is 297 g/mol. The Morgan fingerprint density at radius 2 is 2.00 bits per heavy atom. The summed E-state index contributed by atoms with van der Waals surface area (Å²) >= 11 is 1.37. The van der Waals surface area contributed by atoms with Gasteiger partial charge in [0.25, 0.3) is 0 Å². The molecule has 9 heteroatoms. The van der Waals surface area contributed by atoms with Crippen LogP contribution in [-0.4, -0.2) is 28.8 Å². The van der Waals surface area contributed by atoms with Gasteiger partial charge >= 0.3 is 18.2 Å². The first kappa shape index (κ1) is 16.3. The number of carboxylic acids is 1. The summed E-state index contributed by atoms with van der Waals surface area (Å²) in [5.41, 5.74) is -2.62. The first-order chi connectivity index (χ1) is 9.08. The molecule has 0 aromatic carbocycles. The van der Waals surface area contributed by atoms with Crippen molar-refractivity contribution in [2.45, 2.75) is 31.6 Å². The molecule has 0 radical (unpaired) electrons.